The summed E-state index contributed by atoms with van der Waals surface area (Å²) in [6.07, 6.45) is 13.5. The summed E-state index contributed by atoms with van der Waals surface area (Å²) in [7, 11) is 0. The molecule has 5 N–H and O–H groups in total. The predicted octanol–water partition coefficient (Wildman–Crippen LogP) is 2.18. The molecule has 0 saturated heterocycles. The summed E-state index contributed by atoms with van der Waals surface area (Å²) in [6, 6.07) is 0. The van der Waals surface area contributed by atoms with Crippen LogP contribution in [0.5, 0.6) is 0 Å². The molecule has 0 aliphatic carbocycles. The molecular weight excluding hydrogens is 364 g/mol. The molecule has 0 aromatic heterocycles. The minimum Gasteiger partial charge on any atom is -0.459 e. The van der Waals surface area contributed by atoms with Crippen molar-refractivity contribution in [3.63, 3.8) is 0 Å². The molecule has 2 atom stereocenters. The Hall–Kier alpha value is -0.990. The molecular formula is C21H40O7. The summed E-state index contributed by atoms with van der Waals surface area (Å²) in [5, 5.41) is 46.9. The molecule has 0 aromatic rings. The zero-order valence-corrected chi connectivity index (χ0v) is 17.3. The van der Waals surface area contributed by atoms with Crippen LogP contribution < -0.4 is 0 Å². The smallest absolute Gasteiger partial charge is 0.369 e. The van der Waals surface area contributed by atoms with Gasteiger partial charge < -0.3 is 30.3 Å². The summed E-state index contributed by atoms with van der Waals surface area (Å²) in [5.41, 5.74) is 0. The third-order valence-corrected chi connectivity index (χ3v) is 4.62. The van der Waals surface area contributed by atoms with Crippen molar-refractivity contribution in [2.45, 2.75) is 102 Å². The Labute approximate surface area is 169 Å². The molecule has 7 nitrogen and oxygen atoms in total. The molecule has 0 saturated carbocycles. The highest BCUT2D eigenvalue weighted by Gasteiger charge is 2.43. The summed E-state index contributed by atoms with van der Waals surface area (Å²) < 4.78 is 4.48. The second-order valence-electron chi connectivity index (χ2n) is 7.34. The molecule has 0 rings (SSSR count). The van der Waals surface area contributed by atoms with Gasteiger partial charge in [0.15, 0.2) is 0 Å². The molecule has 166 valence electrons. The van der Waals surface area contributed by atoms with Gasteiger partial charge in [-0.2, -0.15) is 0 Å². The summed E-state index contributed by atoms with van der Waals surface area (Å²) in [4.78, 5) is 11.6. The maximum Gasteiger partial charge on any atom is 0.369 e. The molecule has 28 heavy (non-hydrogen) atoms. The first-order valence-electron chi connectivity index (χ1n) is 10.6. The minimum absolute atomic E-state index is 0.0477. The monoisotopic (exact) mass is 404 g/mol. The van der Waals surface area contributed by atoms with Gasteiger partial charge >= 0.3 is 5.97 Å². The van der Waals surface area contributed by atoms with Crippen LogP contribution in [0.3, 0.4) is 0 Å². The number of carbonyl (C=O) groups excluding carboxylic acids is 1. The summed E-state index contributed by atoms with van der Waals surface area (Å²) >= 11 is 0. The highest BCUT2D eigenvalue weighted by molar-refractivity contribution is 5.77. The van der Waals surface area contributed by atoms with Crippen LogP contribution in [0, 0.1) is 0 Å². The van der Waals surface area contributed by atoms with E-state index in [-0.39, 0.29) is 6.42 Å². The van der Waals surface area contributed by atoms with Gasteiger partial charge in [0.25, 0.3) is 5.79 Å². The van der Waals surface area contributed by atoms with E-state index in [2.05, 4.69) is 23.8 Å². The second kappa shape index (κ2) is 16.9. The van der Waals surface area contributed by atoms with Crippen LogP contribution in [-0.4, -0.2) is 62.7 Å². The molecule has 0 radical (unpaired) electrons. The number of esters is 1. The molecule has 0 fully saturated rings. The van der Waals surface area contributed by atoms with Crippen molar-refractivity contribution in [2.75, 3.05) is 13.2 Å². The van der Waals surface area contributed by atoms with Crippen molar-refractivity contribution in [3.8, 4) is 0 Å². The molecule has 0 bridgehead atoms. The molecule has 0 spiro atoms. The van der Waals surface area contributed by atoms with Crippen LogP contribution in [0.2, 0.25) is 0 Å². The van der Waals surface area contributed by atoms with Crippen molar-refractivity contribution < 1.29 is 35.1 Å². The van der Waals surface area contributed by atoms with Crippen molar-refractivity contribution in [2.24, 2.45) is 0 Å². The van der Waals surface area contributed by atoms with Gasteiger partial charge in [0.1, 0.15) is 18.8 Å². The summed E-state index contributed by atoms with van der Waals surface area (Å²) in [5.74, 6) is -4.46. The highest BCUT2D eigenvalue weighted by Crippen LogP contribution is 2.17. The Morgan fingerprint density at radius 2 is 1.46 bits per heavy atom. The lowest BCUT2D eigenvalue weighted by atomic mass is 10.0. The Bertz CT molecular complexity index is 410. The second-order valence-corrected chi connectivity index (χ2v) is 7.34. The molecule has 2 unspecified atom stereocenters. The number of allylic oxidation sites excluding steroid dienone is 2. The van der Waals surface area contributed by atoms with Crippen molar-refractivity contribution in [1.29, 1.82) is 0 Å². The predicted molar refractivity (Wildman–Crippen MR) is 107 cm³/mol. The number of hydrogen-bond acceptors (Lipinski definition) is 7. The first-order chi connectivity index (χ1) is 13.4. The van der Waals surface area contributed by atoms with E-state index >= 15 is 0 Å². The molecule has 7 heteroatoms. The fraction of sp³-hybridized carbons (Fsp3) is 0.857. The Morgan fingerprint density at radius 1 is 0.929 bits per heavy atom. The third kappa shape index (κ3) is 13.2. The van der Waals surface area contributed by atoms with Gasteiger partial charge in [0.05, 0.1) is 6.61 Å². The van der Waals surface area contributed by atoms with E-state index in [1.165, 1.54) is 38.5 Å². The van der Waals surface area contributed by atoms with Crippen LogP contribution in [0.4, 0.5) is 0 Å². The van der Waals surface area contributed by atoms with Gasteiger partial charge in [-0.1, -0.05) is 64.0 Å². The van der Waals surface area contributed by atoms with E-state index in [0.717, 1.165) is 25.7 Å². The number of aliphatic hydroxyl groups is 5. The lowest BCUT2D eigenvalue weighted by molar-refractivity contribution is -0.243. The zero-order valence-electron chi connectivity index (χ0n) is 17.3. The lowest BCUT2D eigenvalue weighted by Gasteiger charge is -2.25. The van der Waals surface area contributed by atoms with Crippen LogP contribution in [-0.2, 0) is 9.53 Å². The average Bonchev–Trinajstić information content (AvgIpc) is 2.68. The highest BCUT2D eigenvalue weighted by atomic mass is 16.6. The number of ether oxygens (including phenoxy) is 1. The first kappa shape index (κ1) is 27.0. The summed E-state index contributed by atoms with van der Waals surface area (Å²) in [6.45, 7) is 1.03. The first-order valence-corrected chi connectivity index (χ1v) is 10.6. The van der Waals surface area contributed by atoms with Crippen molar-refractivity contribution in [3.05, 3.63) is 12.2 Å². The normalized spacial score (nSPS) is 14.4. The van der Waals surface area contributed by atoms with Gasteiger partial charge in [0, 0.05) is 0 Å². The van der Waals surface area contributed by atoms with Gasteiger partial charge in [-0.05, 0) is 32.1 Å². The quantitative estimate of drug-likeness (QED) is 0.103. The van der Waals surface area contributed by atoms with E-state index in [9.17, 15) is 20.1 Å². The molecule has 0 amide bonds. The van der Waals surface area contributed by atoms with Crippen LogP contribution in [0.25, 0.3) is 0 Å². The fourth-order valence-electron chi connectivity index (χ4n) is 2.72. The van der Waals surface area contributed by atoms with E-state index in [1.54, 1.807) is 0 Å². The van der Waals surface area contributed by atoms with Gasteiger partial charge in [-0.25, -0.2) is 4.79 Å². The van der Waals surface area contributed by atoms with E-state index < -0.39 is 37.2 Å². The third-order valence-electron chi connectivity index (χ3n) is 4.62. The topological polar surface area (TPSA) is 127 Å². The lowest BCUT2D eigenvalue weighted by Crippen LogP contribution is -2.51. The van der Waals surface area contributed by atoms with E-state index in [0.29, 0.717) is 6.42 Å². The van der Waals surface area contributed by atoms with Gasteiger partial charge in [-0.3, -0.25) is 0 Å². The largest absolute Gasteiger partial charge is 0.459 e. The SMILES string of the molecule is CCCCCCCCC=CCCCCCC(O)C(O)(O)C(=O)OCC(O)CO. The van der Waals surface area contributed by atoms with Gasteiger partial charge in [0.2, 0.25) is 0 Å². The molecule has 0 aliphatic rings. The Balaban J connectivity index is 3.75. The fourth-order valence-corrected chi connectivity index (χ4v) is 2.72. The average molecular weight is 405 g/mol. The Kier molecular flexibility index (Phi) is 16.3. The number of hydrogen-bond donors (Lipinski definition) is 5. The van der Waals surface area contributed by atoms with Crippen LogP contribution >= 0.6 is 0 Å². The number of carbonyl (C=O) groups is 1. The number of rotatable bonds is 18. The molecule has 0 aliphatic heterocycles. The maximum atomic E-state index is 11.6. The van der Waals surface area contributed by atoms with Crippen LogP contribution in [0.1, 0.15) is 84.0 Å². The number of aliphatic hydroxyl groups excluding tert-OH is 3. The Morgan fingerprint density at radius 3 is 2.04 bits per heavy atom. The van der Waals surface area contributed by atoms with E-state index in [4.69, 9.17) is 10.2 Å². The van der Waals surface area contributed by atoms with Crippen molar-refractivity contribution >= 4 is 5.97 Å². The standard InChI is InChI=1S/C21H40O7/c1-2-3-4-5-6-7-8-9-10-11-12-13-14-15-19(24)21(26,27)20(25)28-17-18(23)16-22/h9-10,18-19,22-24,26-27H,2-8,11-17H2,1H3. The maximum absolute atomic E-state index is 11.6. The molecule has 0 heterocycles. The number of unbranched alkanes of at least 4 members (excludes halogenated alkanes) is 9. The molecule has 0 aromatic carbocycles. The van der Waals surface area contributed by atoms with Gasteiger partial charge in [-0.15, -0.1) is 0 Å². The minimum atomic E-state index is -3.02. The van der Waals surface area contributed by atoms with Crippen LogP contribution in [0.15, 0.2) is 12.2 Å². The van der Waals surface area contributed by atoms with E-state index in [1.807, 2.05) is 0 Å². The zero-order chi connectivity index (χ0) is 21.3. The van der Waals surface area contributed by atoms with Crippen molar-refractivity contribution in [1.82, 2.24) is 0 Å².